The molecule has 0 radical (unpaired) electrons. The summed E-state index contributed by atoms with van der Waals surface area (Å²) in [5.74, 6) is -0.302. The van der Waals surface area contributed by atoms with Gasteiger partial charge in [0.15, 0.2) is 5.78 Å². The van der Waals surface area contributed by atoms with E-state index in [0.29, 0.717) is 11.5 Å². The fourth-order valence-electron chi connectivity index (χ4n) is 1.61. The number of Topliss-reactive ketones (excluding diaryl/α,β-unsaturated/α-hetero) is 1. The number of carbonyl (C=O) groups is 2. The molecule has 0 aliphatic carbocycles. The molecule has 5 heteroatoms. The third kappa shape index (κ3) is 4.60. The summed E-state index contributed by atoms with van der Waals surface area (Å²) in [5.41, 5.74) is 3.32. The molecule has 1 aromatic heterocycles. The predicted molar refractivity (Wildman–Crippen MR) is 77.3 cm³/mol. The number of amides is 1. The summed E-state index contributed by atoms with van der Waals surface area (Å²) in [7, 11) is 0. The van der Waals surface area contributed by atoms with Gasteiger partial charge in [-0.25, -0.2) is 5.48 Å². The Morgan fingerprint density at radius 3 is 2.55 bits per heavy atom. The van der Waals surface area contributed by atoms with E-state index in [4.69, 9.17) is 4.84 Å². The van der Waals surface area contributed by atoms with Crippen LogP contribution in [0.25, 0.3) is 0 Å². The first-order chi connectivity index (χ1) is 9.75. The monoisotopic (exact) mass is 289 g/mol. The summed E-state index contributed by atoms with van der Waals surface area (Å²) in [6, 6.07) is 13.1. The summed E-state index contributed by atoms with van der Waals surface area (Å²) in [5, 5.41) is 1.84. The number of thiophene rings is 1. The van der Waals surface area contributed by atoms with Crippen LogP contribution in [0, 0.1) is 0 Å². The van der Waals surface area contributed by atoms with Crippen LogP contribution in [0.3, 0.4) is 0 Å². The average molecular weight is 289 g/mol. The second-order valence-electron chi connectivity index (χ2n) is 4.20. The summed E-state index contributed by atoms with van der Waals surface area (Å²) in [6.07, 6.45) is 0.326. The fourth-order valence-corrected chi connectivity index (χ4v) is 2.31. The van der Waals surface area contributed by atoms with Gasteiger partial charge in [0.2, 0.25) is 5.91 Å². The van der Waals surface area contributed by atoms with Crippen molar-refractivity contribution in [3.8, 4) is 0 Å². The molecule has 0 fully saturated rings. The van der Waals surface area contributed by atoms with Gasteiger partial charge in [-0.05, 0) is 17.0 Å². The Labute approximate surface area is 121 Å². The largest absolute Gasteiger partial charge is 0.293 e. The normalized spacial score (nSPS) is 10.2. The summed E-state index contributed by atoms with van der Waals surface area (Å²) >= 11 is 1.39. The van der Waals surface area contributed by atoms with E-state index >= 15 is 0 Å². The van der Waals surface area contributed by atoms with Crippen LogP contribution in [0.1, 0.15) is 28.1 Å². The number of carbonyl (C=O) groups excluding carboxylic acids is 2. The van der Waals surface area contributed by atoms with Gasteiger partial charge in [-0.15, -0.1) is 11.3 Å². The van der Waals surface area contributed by atoms with Gasteiger partial charge >= 0.3 is 0 Å². The highest BCUT2D eigenvalue weighted by Gasteiger charge is 2.09. The molecular formula is C15H15NO3S. The second-order valence-corrected chi connectivity index (χ2v) is 5.15. The molecule has 0 unspecified atom stereocenters. The van der Waals surface area contributed by atoms with Gasteiger partial charge in [-0.2, -0.15) is 0 Å². The van der Waals surface area contributed by atoms with Crippen molar-refractivity contribution in [1.29, 1.82) is 0 Å². The molecule has 20 heavy (non-hydrogen) atoms. The maximum absolute atomic E-state index is 11.7. The average Bonchev–Trinajstić information content (AvgIpc) is 3.00. The molecule has 2 aromatic rings. The predicted octanol–water partition coefficient (Wildman–Crippen LogP) is 2.96. The van der Waals surface area contributed by atoms with Crippen molar-refractivity contribution in [3.63, 3.8) is 0 Å². The first-order valence-corrected chi connectivity index (χ1v) is 7.15. The molecule has 0 saturated heterocycles. The lowest BCUT2D eigenvalue weighted by Crippen LogP contribution is -2.23. The van der Waals surface area contributed by atoms with Gasteiger partial charge in [-0.1, -0.05) is 36.4 Å². The SMILES string of the molecule is O=C(CCC(=O)c1cccs1)NOCc1ccccc1. The molecule has 1 amide bonds. The lowest BCUT2D eigenvalue weighted by molar-refractivity contribution is -0.134. The maximum Gasteiger partial charge on any atom is 0.243 e. The summed E-state index contributed by atoms with van der Waals surface area (Å²) in [4.78, 5) is 29.0. The number of rotatable bonds is 7. The van der Waals surface area contributed by atoms with Crippen molar-refractivity contribution in [2.24, 2.45) is 0 Å². The molecule has 0 spiro atoms. The van der Waals surface area contributed by atoms with Gasteiger partial charge in [0, 0.05) is 12.8 Å². The highest BCUT2D eigenvalue weighted by Crippen LogP contribution is 2.12. The van der Waals surface area contributed by atoms with Crippen LogP contribution in [0.4, 0.5) is 0 Å². The maximum atomic E-state index is 11.7. The van der Waals surface area contributed by atoms with Crippen LogP contribution < -0.4 is 5.48 Å². The van der Waals surface area contributed by atoms with Gasteiger partial charge in [0.1, 0.15) is 0 Å². The van der Waals surface area contributed by atoms with E-state index in [9.17, 15) is 9.59 Å². The van der Waals surface area contributed by atoms with Crippen molar-refractivity contribution >= 4 is 23.0 Å². The Morgan fingerprint density at radius 1 is 1.05 bits per heavy atom. The van der Waals surface area contributed by atoms with Crippen molar-refractivity contribution in [1.82, 2.24) is 5.48 Å². The molecule has 0 aliphatic rings. The summed E-state index contributed by atoms with van der Waals surface area (Å²) in [6.45, 7) is 0.311. The van der Waals surface area contributed by atoms with E-state index in [1.807, 2.05) is 41.8 Å². The molecule has 1 aromatic carbocycles. The van der Waals surface area contributed by atoms with Crippen LogP contribution in [0.15, 0.2) is 47.8 Å². The highest BCUT2D eigenvalue weighted by molar-refractivity contribution is 7.12. The lowest BCUT2D eigenvalue weighted by Gasteiger charge is -2.05. The van der Waals surface area contributed by atoms with E-state index in [1.165, 1.54) is 11.3 Å². The standard InChI is InChI=1S/C15H15NO3S/c17-13(14-7-4-10-20-14)8-9-15(18)16-19-11-12-5-2-1-3-6-12/h1-7,10H,8-9,11H2,(H,16,18). The zero-order valence-electron chi connectivity index (χ0n) is 10.9. The number of hydroxylamine groups is 1. The minimum absolute atomic E-state index is 0.0155. The number of ketones is 1. The number of hydrogen-bond donors (Lipinski definition) is 1. The Balaban J connectivity index is 1.65. The van der Waals surface area contributed by atoms with E-state index < -0.39 is 0 Å². The molecule has 0 saturated carbocycles. The number of benzene rings is 1. The minimum Gasteiger partial charge on any atom is -0.293 e. The van der Waals surface area contributed by atoms with E-state index in [-0.39, 0.29) is 24.5 Å². The molecule has 0 aliphatic heterocycles. The molecule has 1 heterocycles. The van der Waals surface area contributed by atoms with Gasteiger partial charge in [-0.3, -0.25) is 14.4 Å². The molecule has 0 bridgehead atoms. The first kappa shape index (κ1) is 14.4. The molecular weight excluding hydrogens is 274 g/mol. The number of hydrogen-bond acceptors (Lipinski definition) is 4. The topological polar surface area (TPSA) is 55.4 Å². The molecule has 104 valence electrons. The molecule has 4 nitrogen and oxygen atoms in total. The second kappa shape index (κ2) is 7.57. The summed E-state index contributed by atoms with van der Waals surface area (Å²) < 4.78 is 0. The molecule has 1 N–H and O–H groups in total. The third-order valence-electron chi connectivity index (χ3n) is 2.64. The van der Waals surface area contributed by atoms with Crippen LogP contribution in [0.5, 0.6) is 0 Å². The first-order valence-electron chi connectivity index (χ1n) is 6.27. The van der Waals surface area contributed by atoms with E-state index in [2.05, 4.69) is 5.48 Å². The van der Waals surface area contributed by atoms with Crippen molar-refractivity contribution in [2.75, 3.05) is 0 Å². The highest BCUT2D eigenvalue weighted by atomic mass is 32.1. The Hall–Kier alpha value is -1.98. The Bertz CT molecular complexity index is 552. The van der Waals surface area contributed by atoms with Gasteiger partial charge < -0.3 is 0 Å². The fraction of sp³-hybridized carbons (Fsp3) is 0.200. The van der Waals surface area contributed by atoms with Gasteiger partial charge in [0.05, 0.1) is 11.5 Å². The van der Waals surface area contributed by atoms with Crippen molar-refractivity contribution in [2.45, 2.75) is 19.4 Å². The van der Waals surface area contributed by atoms with Crippen LogP contribution in [-0.2, 0) is 16.2 Å². The Kier molecular flexibility index (Phi) is 5.46. The van der Waals surface area contributed by atoms with Crippen LogP contribution >= 0.6 is 11.3 Å². The van der Waals surface area contributed by atoms with E-state index in [0.717, 1.165) is 5.56 Å². The van der Waals surface area contributed by atoms with Crippen molar-refractivity contribution in [3.05, 3.63) is 58.3 Å². The van der Waals surface area contributed by atoms with E-state index in [1.54, 1.807) is 6.07 Å². The third-order valence-corrected chi connectivity index (χ3v) is 3.55. The van der Waals surface area contributed by atoms with Crippen molar-refractivity contribution < 1.29 is 14.4 Å². The zero-order valence-corrected chi connectivity index (χ0v) is 11.7. The molecule has 0 atom stereocenters. The quantitative estimate of drug-likeness (QED) is 0.630. The molecule has 2 rings (SSSR count). The zero-order chi connectivity index (χ0) is 14.2. The van der Waals surface area contributed by atoms with Crippen LogP contribution in [0.2, 0.25) is 0 Å². The smallest absolute Gasteiger partial charge is 0.243 e. The lowest BCUT2D eigenvalue weighted by atomic mass is 10.2. The minimum atomic E-state index is -0.286. The number of nitrogens with one attached hydrogen (secondary N) is 1. The Morgan fingerprint density at radius 2 is 1.85 bits per heavy atom. The van der Waals surface area contributed by atoms with Gasteiger partial charge in [0.25, 0.3) is 0 Å². The van der Waals surface area contributed by atoms with Crippen LogP contribution in [-0.4, -0.2) is 11.7 Å².